The maximum atomic E-state index is 9.73. The first-order chi connectivity index (χ1) is 10.3. The number of aliphatic hydroxyl groups excluding tert-OH is 1. The minimum absolute atomic E-state index is 0.227. The molecule has 0 spiro atoms. The zero-order valence-electron chi connectivity index (χ0n) is 12.6. The third-order valence-corrected chi connectivity index (χ3v) is 3.34. The maximum absolute atomic E-state index is 9.73. The van der Waals surface area contributed by atoms with Crippen LogP contribution in [0.2, 0.25) is 0 Å². The molecule has 0 saturated carbocycles. The number of hydrogen-bond donors (Lipinski definition) is 2. The van der Waals surface area contributed by atoms with Crippen LogP contribution in [0, 0.1) is 0 Å². The molecule has 0 radical (unpaired) electrons. The van der Waals surface area contributed by atoms with E-state index in [0.29, 0.717) is 0 Å². The van der Waals surface area contributed by atoms with Gasteiger partial charge in [0, 0.05) is 19.2 Å². The van der Waals surface area contributed by atoms with Crippen molar-refractivity contribution < 1.29 is 14.6 Å². The topological polar surface area (TPSA) is 50.7 Å². The number of benzene rings is 2. The van der Waals surface area contributed by atoms with Crippen LogP contribution in [-0.2, 0) is 11.3 Å². The van der Waals surface area contributed by atoms with Crippen LogP contribution >= 0.6 is 0 Å². The van der Waals surface area contributed by atoms with Crippen LogP contribution in [0.4, 0.5) is 0 Å². The Balaban J connectivity index is 2.24. The number of nitrogens with one attached hydrogen (secondary N) is 1. The average molecular weight is 289 g/mol. The van der Waals surface area contributed by atoms with Gasteiger partial charge in [-0.3, -0.25) is 0 Å². The number of ether oxygens (including phenoxy) is 2. The lowest BCUT2D eigenvalue weighted by Gasteiger charge is -2.16. The molecule has 0 heterocycles. The summed E-state index contributed by atoms with van der Waals surface area (Å²) in [5, 5.41) is 15.4. The van der Waals surface area contributed by atoms with E-state index in [9.17, 15) is 5.11 Å². The third kappa shape index (κ3) is 4.17. The summed E-state index contributed by atoms with van der Waals surface area (Å²) >= 11 is 0. The van der Waals surface area contributed by atoms with Crippen molar-refractivity contribution in [3.63, 3.8) is 0 Å². The Morgan fingerprint density at radius 2 is 1.95 bits per heavy atom. The Morgan fingerprint density at radius 1 is 1.14 bits per heavy atom. The van der Waals surface area contributed by atoms with Crippen LogP contribution in [0.25, 0.3) is 10.8 Å². The summed E-state index contributed by atoms with van der Waals surface area (Å²) < 4.78 is 10.7. The highest BCUT2D eigenvalue weighted by molar-refractivity contribution is 5.87. The van der Waals surface area contributed by atoms with Crippen LogP contribution in [0.3, 0.4) is 0 Å². The second-order valence-electron chi connectivity index (χ2n) is 4.96. The molecule has 0 aliphatic rings. The van der Waals surface area contributed by atoms with Gasteiger partial charge < -0.3 is 19.9 Å². The summed E-state index contributed by atoms with van der Waals surface area (Å²) in [6.07, 6.45) is -0.617. The lowest BCUT2D eigenvalue weighted by atomic mass is 10.0. The molecule has 2 aromatic rings. The molecule has 4 nitrogen and oxygen atoms in total. The van der Waals surface area contributed by atoms with Crippen LogP contribution in [-0.4, -0.2) is 38.1 Å². The molecule has 0 aliphatic carbocycles. The molecule has 0 fully saturated rings. The lowest BCUT2D eigenvalue weighted by Crippen LogP contribution is -2.23. The van der Waals surface area contributed by atoms with Crippen molar-refractivity contribution in [2.45, 2.75) is 19.6 Å². The molecule has 0 saturated heterocycles. The molecule has 1 unspecified atom stereocenters. The van der Waals surface area contributed by atoms with Crippen molar-refractivity contribution in [2.24, 2.45) is 0 Å². The van der Waals surface area contributed by atoms with Crippen LogP contribution < -0.4 is 10.1 Å². The van der Waals surface area contributed by atoms with E-state index in [-0.39, 0.29) is 13.2 Å². The number of aliphatic hydroxyl groups is 1. The molecule has 114 valence electrons. The van der Waals surface area contributed by atoms with E-state index in [4.69, 9.17) is 9.47 Å². The minimum atomic E-state index is -0.617. The monoisotopic (exact) mass is 289 g/mol. The van der Waals surface area contributed by atoms with Crippen molar-refractivity contribution in [1.29, 1.82) is 0 Å². The second-order valence-corrected chi connectivity index (χ2v) is 4.96. The van der Waals surface area contributed by atoms with E-state index >= 15 is 0 Å². The van der Waals surface area contributed by atoms with Crippen LogP contribution in [0.5, 0.6) is 5.75 Å². The molecular weight excluding hydrogens is 266 g/mol. The van der Waals surface area contributed by atoms with Gasteiger partial charge in [0.1, 0.15) is 18.5 Å². The molecule has 1 atom stereocenters. The Morgan fingerprint density at radius 3 is 2.71 bits per heavy atom. The SMILES string of the molecule is CCNCc1c(OCC(O)COC)ccc2ccccc12. The zero-order valence-corrected chi connectivity index (χ0v) is 12.6. The third-order valence-electron chi connectivity index (χ3n) is 3.34. The van der Waals surface area contributed by atoms with Crippen LogP contribution in [0.15, 0.2) is 36.4 Å². The molecule has 2 aromatic carbocycles. The summed E-state index contributed by atoms with van der Waals surface area (Å²) in [5.74, 6) is 0.810. The predicted molar refractivity (Wildman–Crippen MR) is 84.7 cm³/mol. The van der Waals surface area contributed by atoms with Crippen molar-refractivity contribution >= 4 is 10.8 Å². The number of rotatable bonds is 8. The van der Waals surface area contributed by atoms with Gasteiger partial charge in [0.15, 0.2) is 0 Å². The van der Waals surface area contributed by atoms with Crippen molar-refractivity contribution in [3.05, 3.63) is 42.0 Å². The van der Waals surface area contributed by atoms with Crippen LogP contribution in [0.1, 0.15) is 12.5 Å². The molecule has 2 N–H and O–H groups in total. The molecule has 0 bridgehead atoms. The van der Waals surface area contributed by atoms with E-state index in [1.165, 1.54) is 10.8 Å². The van der Waals surface area contributed by atoms with Gasteiger partial charge in [-0.2, -0.15) is 0 Å². The van der Waals surface area contributed by atoms with Gasteiger partial charge >= 0.3 is 0 Å². The number of hydrogen-bond acceptors (Lipinski definition) is 4. The Labute approximate surface area is 125 Å². The van der Waals surface area contributed by atoms with Crippen molar-refractivity contribution in [3.8, 4) is 5.75 Å². The standard InChI is InChI=1S/C17H23NO3/c1-3-18-10-16-15-7-5-4-6-13(15)8-9-17(16)21-12-14(19)11-20-2/h4-9,14,18-19H,3,10-12H2,1-2H3. The molecular formula is C17H23NO3. The molecule has 0 aromatic heterocycles. The molecule has 0 amide bonds. The van der Waals surface area contributed by atoms with Gasteiger partial charge in [-0.05, 0) is 23.4 Å². The first-order valence-electron chi connectivity index (χ1n) is 7.27. The summed E-state index contributed by atoms with van der Waals surface area (Å²) in [7, 11) is 1.57. The predicted octanol–water partition coefficient (Wildman–Crippen LogP) is 2.34. The normalized spacial score (nSPS) is 12.5. The summed E-state index contributed by atoms with van der Waals surface area (Å²) in [5.41, 5.74) is 1.12. The molecule has 4 heteroatoms. The first-order valence-corrected chi connectivity index (χ1v) is 7.27. The Bertz CT molecular complexity index is 571. The fourth-order valence-corrected chi connectivity index (χ4v) is 2.31. The molecule has 0 aliphatic heterocycles. The molecule has 21 heavy (non-hydrogen) atoms. The largest absolute Gasteiger partial charge is 0.490 e. The molecule has 2 rings (SSSR count). The summed E-state index contributed by atoms with van der Waals surface area (Å²) in [6.45, 7) is 4.22. The zero-order chi connectivity index (χ0) is 15.1. The highest BCUT2D eigenvalue weighted by Gasteiger charge is 2.11. The highest BCUT2D eigenvalue weighted by atomic mass is 16.5. The Kier molecular flexibility index (Phi) is 5.99. The van der Waals surface area contributed by atoms with Gasteiger partial charge in [0.05, 0.1) is 6.61 Å². The smallest absolute Gasteiger partial charge is 0.124 e. The van der Waals surface area contributed by atoms with Crippen molar-refractivity contribution in [2.75, 3.05) is 26.9 Å². The van der Waals surface area contributed by atoms with Gasteiger partial charge in [-0.1, -0.05) is 37.3 Å². The summed E-state index contributed by atoms with van der Waals surface area (Å²) in [6, 6.07) is 12.3. The van der Waals surface area contributed by atoms with Crippen molar-refractivity contribution in [1.82, 2.24) is 5.32 Å². The van der Waals surface area contributed by atoms with E-state index in [1.807, 2.05) is 24.3 Å². The van der Waals surface area contributed by atoms with E-state index in [0.717, 1.165) is 24.4 Å². The minimum Gasteiger partial charge on any atom is -0.490 e. The van der Waals surface area contributed by atoms with E-state index in [1.54, 1.807) is 7.11 Å². The van der Waals surface area contributed by atoms with Gasteiger partial charge in [-0.25, -0.2) is 0 Å². The first kappa shape index (κ1) is 15.8. The van der Waals surface area contributed by atoms with Gasteiger partial charge in [0.25, 0.3) is 0 Å². The van der Waals surface area contributed by atoms with E-state index in [2.05, 4.69) is 24.4 Å². The average Bonchev–Trinajstić information content (AvgIpc) is 2.51. The van der Waals surface area contributed by atoms with E-state index < -0.39 is 6.10 Å². The Hall–Kier alpha value is -1.62. The highest BCUT2D eigenvalue weighted by Crippen LogP contribution is 2.28. The van der Waals surface area contributed by atoms with Gasteiger partial charge in [0.2, 0.25) is 0 Å². The summed E-state index contributed by atoms with van der Waals surface area (Å²) in [4.78, 5) is 0. The quantitative estimate of drug-likeness (QED) is 0.783. The van der Waals surface area contributed by atoms with Gasteiger partial charge in [-0.15, -0.1) is 0 Å². The lowest BCUT2D eigenvalue weighted by molar-refractivity contribution is 0.0323. The number of fused-ring (bicyclic) bond motifs is 1. The fraction of sp³-hybridized carbons (Fsp3) is 0.412. The second kappa shape index (κ2) is 7.98. The number of methoxy groups -OCH3 is 1. The fourth-order valence-electron chi connectivity index (χ4n) is 2.31. The maximum Gasteiger partial charge on any atom is 0.124 e.